The van der Waals surface area contributed by atoms with Gasteiger partial charge in [-0.2, -0.15) is 0 Å². The first-order valence-electron chi connectivity index (χ1n) is 7.24. The van der Waals surface area contributed by atoms with E-state index in [-0.39, 0.29) is 0 Å². The second kappa shape index (κ2) is 9.56. The fourth-order valence-corrected chi connectivity index (χ4v) is 2.10. The molecule has 1 atom stereocenters. The van der Waals surface area contributed by atoms with Crippen LogP contribution < -0.4 is 5.32 Å². The third-order valence-electron chi connectivity index (χ3n) is 3.29. The van der Waals surface area contributed by atoms with Gasteiger partial charge in [-0.3, -0.25) is 4.79 Å². The highest BCUT2D eigenvalue weighted by Crippen LogP contribution is 2.08. The van der Waals surface area contributed by atoms with Crippen LogP contribution in [0.2, 0.25) is 0 Å². The summed E-state index contributed by atoms with van der Waals surface area (Å²) in [5, 5.41) is 12.3. The SMILES string of the molecule is CCCCCCCC(NCc1ccccc1)C(=O)O. The molecule has 0 bridgehead atoms. The summed E-state index contributed by atoms with van der Waals surface area (Å²) in [5.74, 6) is -0.744. The van der Waals surface area contributed by atoms with Gasteiger partial charge in [0.2, 0.25) is 0 Å². The lowest BCUT2D eigenvalue weighted by atomic mass is 10.1. The zero-order valence-corrected chi connectivity index (χ0v) is 11.8. The van der Waals surface area contributed by atoms with Gasteiger partial charge in [0.1, 0.15) is 6.04 Å². The number of carboxylic acid groups (broad SMARTS) is 1. The molecule has 0 aliphatic carbocycles. The van der Waals surface area contributed by atoms with Crippen LogP contribution in [0.25, 0.3) is 0 Å². The zero-order chi connectivity index (χ0) is 13.9. The molecular weight excluding hydrogens is 238 g/mol. The summed E-state index contributed by atoms with van der Waals surface area (Å²) in [5.41, 5.74) is 1.12. The Morgan fingerprint density at radius 2 is 1.84 bits per heavy atom. The van der Waals surface area contributed by atoms with E-state index < -0.39 is 12.0 Å². The summed E-state index contributed by atoms with van der Waals surface area (Å²) in [6.45, 7) is 2.80. The molecule has 1 rings (SSSR count). The fourth-order valence-electron chi connectivity index (χ4n) is 2.10. The van der Waals surface area contributed by atoms with Crippen molar-refractivity contribution < 1.29 is 9.90 Å². The number of hydrogen-bond acceptors (Lipinski definition) is 2. The van der Waals surface area contributed by atoms with Crippen LogP contribution in [0.4, 0.5) is 0 Å². The Balaban J connectivity index is 2.26. The van der Waals surface area contributed by atoms with Crippen LogP contribution in [-0.4, -0.2) is 17.1 Å². The van der Waals surface area contributed by atoms with Crippen molar-refractivity contribution >= 4 is 5.97 Å². The Morgan fingerprint density at radius 1 is 1.16 bits per heavy atom. The number of carboxylic acids is 1. The number of aliphatic carboxylic acids is 1. The van der Waals surface area contributed by atoms with E-state index in [9.17, 15) is 9.90 Å². The molecular formula is C16H25NO2. The van der Waals surface area contributed by atoms with E-state index in [1.54, 1.807) is 0 Å². The van der Waals surface area contributed by atoms with Gasteiger partial charge in [0, 0.05) is 6.54 Å². The average Bonchev–Trinajstić information content (AvgIpc) is 2.42. The van der Waals surface area contributed by atoms with Crippen molar-refractivity contribution in [3.63, 3.8) is 0 Å². The molecule has 0 amide bonds. The van der Waals surface area contributed by atoms with E-state index in [2.05, 4.69) is 12.2 Å². The Morgan fingerprint density at radius 3 is 2.47 bits per heavy atom. The Kier molecular flexibility index (Phi) is 7.91. The first kappa shape index (κ1) is 15.7. The lowest BCUT2D eigenvalue weighted by Crippen LogP contribution is -2.36. The van der Waals surface area contributed by atoms with E-state index in [0.717, 1.165) is 18.4 Å². The number of benzene rings is 1. The molecule has 0 fully saturated rings. The van der Waals surface area contributed by atoms with Gasteiger partial charge in [-0.15, -0.1) is 0 Å². The molecule has 0 aliphatic rings. The maximum absolute atomic E-state index is 11.2. The minimum absolute atomic E-state index is 0.429. The average molecular weight is 263 g/mol. The van der Waals surface area contributed by atoms with Gasteiger partial charge >= 0.3 is 5.97 Å². The normalized spacial score (nSPS) is 12.3. The smallest absolute Gasteiger partial charge is 0.320 e. The summed E-state index contributed by atoms with van der Waals surface area (Å²) in [7, 11) is 0. The summed E-state index contributed by atoms with van der Waals surface area (Å²) in [6.07, 6.45) is 6.50. The lowest BCUT2D eigenvalue weighted by Gasteiger charge is -2.14. The van der Waals surface area contributed by atoms with Crippen LogP contribution in [0.15, 0.2) is 30.3 Å². The van der Waals surface area contributed by atoms with Crippen molar-refractivity contribution in [3.8, 4) is 0 Å². The number of hydrogen-bond donors (Lipinski definition) is 2. The fraction of sp³-hybridized carbons (Fsp3) is 0.562. The maximum atomic E-state index is 11.2. The molecule has 106 valence electrons. The van der Waals surface area contributed by atoms with Crippen molar-refractivity contribution in [1.82, 2.24) is 5.32 Å². The van der Waals surface area contributed by atoms with E-state index in [0.29, 0.717) is 13.0 Å². The predicted octanol–water partition coefficient (Wildman–Crippen LogP) is 3.59. The van der Waals surface area contributed by atoms with Crippen LogP contribution in [0.5, 0.6) is 0 Å². The van der Waals surface area contributed by atoms with Crippen molar-refractivity contribution in [2.75, 3.05) is 0 Å². The molecule has 3 heteroatoms. The number of rotatable bonds is 10. The number of unbranched alkanes of at least 4 members (excludes halogenated alkanes) is 4. The Bertz CT molecular complexity index is 351. The highest BCUT2D eigenvalue weighted by molar-refractivity contribution is 5.73. The number of nitrogens with one attached hydrogen (secondary N) is 1. The minimum atomic E-state index is -0.744. The molecule has 0 aromatic heterocycles. The van der Waals surface area contributed by atoms with Crippen LogP contribution in [0.1, 0.15) is 51.0 Å². The molecule has 3 nitrogen and oxygen atoms in total. The largest absolute Gasteiger partial charge is 0.480 e. The minimum Gasteiger partial charge on any atom is -0.480 e. The summed E-state index contributed by atoms with van der Waals surface area (Å²) < 4.78 is 0. The van der Waals surface area contributed by atoms with Crippen molar-refractivity contribution in [2.45, 2.75) is 58.0 Å². The summed E-state index contributed by atoms with van der Waals surface area (Å²) >= 11 is 0. The molecule has 2 N–H and O–H groups in total. The van der Waals surface area contributed by atoms with Gasteiger partial charge in [0.25, 0.3) is 0 Å². The first-order chi connectivity index (χ1) is 9.24. The molecule has 0 heterocycles. The van der Waals surface area contributed by atoms with Crippen LogP contribution >= 0.6 is 0 Å². The Hall–Kier alpha value is -1.35. The van der Waals surface area contributed by atoms with Gasteiger partial charge in [0.15, 0.2) is 0 Å². The van der Waals surface area contributed by atoms with E-state index in [4.69, 9.17) is 0 Å². The second-order valence-electron chi connectivity index (χ2n) is 4.96. The first-order valence-corrected chi connectivity index (χ1v) is 7.24. The number of carbonyl (C=O) groups is 1. The molecule has 0 saturated carbocycles. The standard InChI is InChI=1S/C16H25NO2/c1-2-3-4-5-9-12-15(16(18)19)17-13-14-10-7-6-8-11-14/h6-8,10-11,15,17H,2-5,9,12-13H2,1H3,(H,18,19). The van der Waals surface area contributed by atoms with E-state index >= 15 is 0 Å². The molecule has 19 heavy (non-hydrogen) atoms. The van der Waals surface area contributed by atoms with Crippen LogP contribution in [-0.2, 0) is 11.3 Å². The topological polar surface area (TPSA) is 49.3 Å². The van der Waals surface area contributed by atoms with Gasteiger partial charge in [-0.25, -0.2) is 0 Å². The monoisotopic (exact) mass is 263 g/mol. The molecule has 0 spiro atoms. The molecule has 1 aromatic carbocycles. The molecule has 1 aromatic rings. The van der Waals surface area contributed by atoms with Crippen molar-refractivity contribution in [1.29, 1.82) is 0 Å². The van der Waals surface area contributed by atoms with Crippen molar-refractivity contribution in [2.24, 2.45) is 0 Å². The lowest BCUT2D eigenvalue weighted by molar-refractivity contribution is -0.139. The summed E-state index contributed by atoms with van der Waals surface area (Å²) in [6, 6.07) is 9.49. The van der Waals surface area contributed by atoms with E-state index in [1.165, 1.54) is 19.3 Å². The van der Waals surface area contributed by atoms with Gasteiger partial charge < -0.3 is 10.4 Å². The van der Waals surface area contributed by atoms with Crippen molar-refractivity contribution in [3.05, 3.63) is 35.9 Å². The Labute approximate surface area is 116 Å². The van der Waals surface area contributed by atoms with E-state index in [1.807, 2.05) is 30.3 Å². The molecule has 0 aliphatic heterocycles. The summed E-state index contributed by atoms with van der Waals surface area (Å²) in [4.78, 5) is 11.2. The maximum Gasteiger partial charge on any atom is 0.320 e. The second-order valence-corrected chi connectivity index (χ2v) is 4.96. The van der Waals surface area contributed by atoms with Gasteiger partial charge in [-0.05, 0) is 12.0 Å². The molecule has 0 saturated heterocycles. The molecule has 1 unspecified atom stereocenters. The predicted molar refractivity (Wildman–Crippen MR) is 78.1 cm³/mol. The quantitative estimate of drug-likeness (QED) is 0.634. The van der Waals surface area contributed by atoms with Crippen LogP contribution in [0, 0.1) is 0 Å². The van der Waals surface area contributed by atoms with Gasteiger partial charge in [0.05, 0.1) is 0 Å². The third-order valence-corrected chi connectivity index (χ3v) is 3.29. The van der Waals surface area contributed by atoms with Crippen LogP contribution in [0.3, 0.4) is 0 Å². The highest BCUT2D eigenvalue weighted by atomic mass is 16.4. The molecule has 0 radical (unpaired) electrons. The van der Waals surface area contributed by atoms with Gasteiger partial charge in [-0.1, -0.05) is 69.4 Å². The highest BCUT2D eigenvalue weighted by Gasteiger charge is 2.15. The zero-order valence-electron chi connectivity index (χ0n) is 11.8. The third kappa shape index (κ3) is 6.97.